The minimum absolute atomic E-state index is 0.198. The van der Waals surface area contributed by atoms with Gasteiger partial charge in [-0.15, -0.1) is 0 Å². The largest absolute Gasteiger partial charge is 0.327 e. The van der Waals surface area contributed by atoms with Gasteiger partial charge in [0.05, 0.1) is 0 Å². The molecule has 3 rings (SSSR count). The van der Waals surface area contributed by atoms with E-state index in [0.29, 0.717) is 22.0 Å². The Morgan fingerprint density at radius 3 is 2.80 bits per heavy atom. The number of halogens is 3. The van der Waals surface area contributed by atoms with Crippen LogP contribution in [0.4, 0.5) is 8.78 Å². The first-order chi connectivity index (χ1) is 9.56. The highest BCUT2D eigenvalue weighted by atomic mass is 127. The predicted octanol–water partition coefficient (Wildman–Crippen LogP) is 3.13. The molecule has 2 nitrogen and oxygen atoms in total. The summed E-state index contributed by atoms with van der Waals surface area (Å²) in [5, 5.41) is 0. The molecular weight excluding hydrogens is 373 g/mol. The van der Waals surface area contributed by atoms with Gasteiger partial charge < -0.3 is 5.73 Å². The number of benzene rings is 1. The molecule has 1 aromatic carbocycles. The molecular formula is C15H19F2IN2. The van der Waals surface area contributed by atoms with Gasteiger partial charge in [0.25, 0.3) is 0 Å². The summed E-state index contributed by atoms with van der Waals surface area (Å²) in [6.45, 7) is 2.15. The maximum absolute atomic E-state index is 14.1. The number of likely N-dealkylation sites (tertiary alicyclic amines) is 1. The number of hydrogen-bond acceptors (Lipinski definition) is 2. The number of nitrogens with zero attached hydrogens (tertiary/aromatic N) is 1. The number of nitrogens with two attached hydrogens (primary N) is 1. The number of fused-ring (bicyclic) bond motifs is 1. The van der Waals surface area contributed by atoms with Crippen molar-refractivity contribution in [2.75, 3.05) is 13.1 Å². The number of rotatable bonds is 2. The van der Waals surface area contributed by atoms with E-state index in [9.17, 15) is 8.78 Å². The summed E-state index contributed by atoms with van der Waals surface area (Å²) in [5.74, 6) is 0.247. The fourth-order valence-corrected chi connectivity index (χ4v) is 4.18. The highest BCUT2D eigenvalue weighted by Gasteiger charge is 2.38. The third-order valence-electron chi connectivity index (χ3n) is 4.75. The second-order valence-corrected chi connectivity index (χ2v) is 7.20. The molecule has 3 unspecified atom stereocenters. The molecule has 0 spiro atoms. The zero-order valence-corrected chi connectivity index (χ0v) is 13.4. The van der Waals surface area contributed by atoms with Crippen LogP contribution in [-0.2, 0) is 6.54 Å². The van der Waals surface area contributed by atoms with Crippen molar-refractivity contribution in [3.8, 4) is 0 Å². The highest BCUT2D eigenvalue weighted by molar-refractivity contribution is 14.1. The summed E-state index contributed by atoms with van der Waals surface area (Å²) in [5.41, 5.74) is 6.38. The molecule has 1 heterocycles. The molecule has 0 amide bonds. The van der Waals surface area contributed by atoms with Gasteiger partial charge in [-0.1, -0.05) is 6.42 Å². The summed E-state index contributed by atoms with van der Waals surface area (Å²) in [7, 11) is 0. The average molecular weight is 392 g/mol. The summed E-state index contributed by atoms with van der Waals surface area (Å²) >= 11 is 1.91. The van der Waals surface area contributed by atoms with Crippen LogP contribution in [0.3, 0.4) is 0 Å². The Morgan fingerprint density at radius 1 is 1.25 bits per heavy atom. The summed E-state index contributed by atoms with van der Waals surface area (Å²) in [6, 6.07) is 3.09. The molecule has 1 saturated heterocycles. The molecule has 2 N–H and O–H groups in total. The minimum Gasteiger partial charge on any atom is -0.327 e. The van der Waals surface area contributed by atoms with Crippen LogP contribution < -0.4 is 5.73 Å². The highest BCUT2D eigenvalue weighted by Crippen LogP contribution is 2.36. The van der Waals surface area contributed by atoms with Gasteiger partial charge in [-0.3, -0.25) is 4.90 Å². The molecule has 2 fully saturated rings. The molecule has 1 aromatic rings. The topological polar surface area (TPSA) is 29.3 Å². The number of hydrogen-bond donors (Lipinski definition) is 1. The zero-order chi connectivity index (χ0) is 14.3. The molecule has 1 aliphatic carbocycles. The lowest BCUT2D eigenvalue weighted by Crippen LogP contribution is -2.38. The first-order valence-corrected chi connectivity index (χ1v) is 8.24. The van der Waals surface area contributed by atoms with E-state index in [1.54, 1.807) is 0 Å². The van der Waals surface area contributed by atoms with Crippen molar-refractivity contribution in [1.29, 1.82) is 0 Å². The Bertz CT molecular complexity index is 509. The van der Waals surface area contributed by atoms with Crippen molar-refractivity contribution < 1.29 is 8.78 Å². The second-order valence-electron chi connectivity index (χ2n) is 6.03. The molecule has 1 aliphatic heterocycles. The SMILES string of the molecule is NC1CCCC2CN(Cc3c(F)ccc(I)c3F)CC12. The fourth-order valence-electron chi connectivity index (χ4n) is 3.68. The van der Waals surface area contributed by atoms with Gasteiger partial charge >= 0.3 is 0 Å². The molecule has 5 heteroatoms. The van der Waals surface area contributed by atoms with Gasteiger partial charge in [-0.25, -0.2) is 8.78 Å². The van der Waals surface area contributed by atoms with E-state index in [1.165, 1.54) is 25.0 Å². The molecule has 0 aromatic heterocycles. The second kappa shape index (κ2) is 5.85. The van der Waals surface area contributed by atoms with E-state index in [0.717, 1.165) is 19.5 Å². The zero-order valence-electron chi connectivity index (χ0n) is 11.3. The van der Waals surface area contributed by atoms with Crippen LogP contribution >= 0.6 is 22.6 Å². The Labute approximate surface area is 131 Å². The normalized spacial score (nSPS) is 30.5. The summed E-state index contributed by atoms with van der Waals surface area (Å²) in [6.07, 6.45) is 3.47. The molecule has 1 saturated carbocycles. The Kier molecular flexibility index (Phi) is 4.29. The maximum atomic E-state index is 14.1. The molecule has 3 atom stereocenters. The smallest absolute Gasteiger partial charge is 0.143 e. The van der Waals surface area contributed by atoms with Gasteiger partial charge in [-0.2, -0.15) is 0 Å². The van der Waals surface area contributed by atoms with Gasteiger partial charge in [0.15, 0.2) is 0 Å². The Hall–Kier alpha value is -0.270. The van der Waals surface area contributed by atoms with Crippen molar-refractivity contribution in [2.24, 2.45) is 17.6 Å². The summed E-state index contributed by atoms with van der Waals surface area (Å²) < 4.78 is 28.4. The molecule has 20 heavy (non-hydrogen) atoms. The standard InChI is InChI=1S/C15H19F2IN2/c16-12-4-5-13(18)15(17)11(12)8-20-6-9-2-1-3-14(19)10(9)7-20/h4-5,9-10,14H,1-3,6-8,19H2. The van der Waals surface area contributed by atoms with Gasteiger partial charge in [0, 0.05) is 34.8 Å². The van der Waals surface area contributed by atoms with Crippen LogP contribution in [0.2, 0.25) is 0 Å². The van der Waals surface area contributed by atoms with Crippen LogP contribution in [0, 0.1) is 27.0 Å². The monoisotopic (exact) mass is 392 g/mol. The first kappa shape index (κ1) is 14.7. The third-order valence-corrected chi connectivity index (χ3v) is 5.58. The minimum atomic E-state index is -0.443. The maximum Gasteiger partial charge on any atom is 0.143 e. The average Bonchev–Trinajstić information content (AvgIpc) is 2.83. The van der Waals surface area contributed by atoms with Gasteiger partial charge in [-0.05, 0) is 59.4 Å². The van der Waals surface area contributed by atoms with E-state index in [-0.39, 0.29) is 11.6 Å². The first-order valence-electron chi connectivity index (χ1n) is 7.16. The molecule has 110 valence electrons. The van der Waals surface area contributed by atoms with Gasteiger partial charge in [0.1, 0.15) is 11.6 Å². The third kappa shape index (κ3) is 2.72. The van der Waals surface area contributed by atoms with Crippen LogP contribution in [0.5, 0.6) is 0 Å². The van der Waals surface area contributed by atoms with Crippen molar-refractivity contribution >= 4 is 22.6 Å². The fraction of sp³-hybridized carbons (Fsp3) is 0.600. The molecule has 0 bridgehead atoms. The van der Waals surface area contributed by atoms with E-state index in [2.05, 4.69) is 4.90 Å². The molecule has 2 aliphatic rings. The van der Waals surface area contributed by atoms with Crippen LogP contribution in [0.1, 0.15) is 24.8 Å². The van der Waals surface area contributed by atoms with Crippen LogP contribution in [0.15, 0.2) is 12.1 Å². The van der Waals surface area contributed by atoms with E-state index in [1.807, 2.05) is 22.6 Å². The predicted molar refractivity (Wildman–Crippen MR) is 83.2 cm³/mol. The van der Waals surface area contributed by atoms with Crippen molar-refractivity contribution in [2.45, 2.75) is 31.8 Å². The van der Waals surface area contributed by atoms with Crippen molar-refractivity contribution in [3.63, 3.8) is 0 Å². The van der Waals surface area contributed by atoms with E-state index >= 15 is 0 Å². The van der Waals surface area contributed by atoms with Crippen LogP contribution in [0.25, 0.3) is 0 Å². The lowest BCUT2D eigenvalue weighted by Gasteiger charge is -2.29. The van der Waals surface area contributed by atoms with E-state index in [4.69, 9.17) is 5.73 Å². The molecule has 0 radical (unpaired) electrons. The van der Waals surface area contributed by atoms with Crippen molar-refractivity contribution in [3.05, 3.63) is 32.9 Å². The Balaban J connectivity index is 1.75. The van der Waals surface area contributed by atoms with Gasteiger partial charge in [0.2, 0.25) is 0 Å². The van der Waals surface area contributed by atoms with Crippen LogP contribution in [-0.4, -0.2) is 24.0 Å². The quantitative estimate of drug-likeness (QED) is 0.619. The Morgan fingerprint density at radius 2 is 2.05 bits per heavy atom. The van der Waals surface area contributed by atoms with Crippen molar-refractivity contribution in [1.82, 2.24) is 4.90 Å². The lowest BCUT2D eigenvalue weighted by atomic mass is 9.78. The lowest BCUT2D eigenvalue weighted by molar-refractivity contribution is 0.259. The summed E-state index contributed by atoms with van der Waals surface area (Å²) in [4.78, 5) is 2.16. The van der Waals surface area contributed by atoms with E-state index < -0.39 is 11.6 Å².